The lowest BCUT2D eigenvalue weighted by Crippen LogP contribution is -2.23. The molecule has 0 aliphatic carbocycles. The molecule has 1 amide bonds. The lowest BCUT2D eigenvalue weighted by Gasteiger charge is -2.19. The maximum Gasteiger partial charge on any atom is 0.251 e. The molecule has 0 aromatic heterocycles. The molecular weight excluding hydrogens is 526 g/mol. The molecule has 5 rings (SSSR count). The zero-order valence-electron chi connectivity index (χ0n) is 23.5. The number of carbonyl (C=O) groups excluding carboxylic acids is 1. The smallest absolute Gasteiger partial charge is 0.251 e. The van der Waals surface area contributed by atoms with E-state index in [0.717, 1.165) is 28.0 Å². The van der Waals surface area contributed by atoms with E-state index >= 15 is 0 Å². The lowest BCUT2D eigenvalue weighted by molar-refractivity contribution is 0.0949. The summed E-state index contributed by atoms with van der Waals surface area (Å²) in [7, 11) is 1.62. The molecule has 0 heterocycles. The molecule has 5 aromatic carbocycles. The van der Waals surface area contributed by atoms with Crippen LogP contribution >= 0.6 is 0 Å². The molecule has 6 nitrogen and oxygen atoms in total. The Kier molecular flexibility index (Phi) is 9.72. The van der Waals surface area contributed by atoms with Crippen LogP contribution in [0.5, 0.6) is 23.0 Å². The number of carbonyl (C=O) groups is 1. The summed E-state index contributed by atoms with van der Waals surface area (Å²) in [5, 5.41) is 3.00. The van der Waals surface area contributed by atoms with Crippen molar-refractivity contribution >= 4 is 5.91 Å². The summed E-state index contributed by atoms with van der Waals surface area (Å²) in [6.07, 6.45) is 0. The van der Waals surface area contributed by atoms with E-state index in [4.69, 9.17) is 18.9 Å². The first-order chi connectivity index (χ1) is 20.7. The molecule has 0 aliphatic rings. The Hall–Kier alpha value is -5.23. The molecule has 0 saturated carbocycles. The van der Waals surface area contributed by atoms with Crippen molar-refractivity contribution in [2.45, 2.75) is 26.4 Å². The minimum Gasteiger partial charge on any atom is -0.497 e. The van der Waals surface area contributed by atoms with Crippen LogP contribution in [-0.2, 0) is 26.4 Å². The second-order valence-corrected chi connectivity index (χ2v) is 9.66. The van der Waals surface area contributed by atoms with Gasteiger partial charge >= 0.3 is 0 Å². The molecule has 0 fully saturated rings. The highest BCUT2D eigenvalue weighted by atomic mass is 16.5. The number of hydrogen-bond donors (Lipinski definition) is 1. The van der Waals surface area contributed by atoms with Crippen molar-refractivity contribution in [2.24, 2.45) is 0 Å². The van der Waals surface area contributed by atoms with Crippen LogP contribution in [0.3, 0.4) is 0 Å². The molecule has 0 saturated heterocycles. The van der Waals surface area contributed by atoms with Crippen LogP contribution in [0.1, 0.15) is 32.6 Å². The molecule has 5 aromatic rings. The number of nitrogens with one attached hydrogen (secondary N) is 1. The Labute approximate surface area is 246 Å². The van der Waals surface area contributed by atoms with Crippen molar-refractivity contribution in [1.82, 2.24) is 5.32 Å². The van der Waals surface area contributed by atoms with Crippen LogP contribution in [0, 0.1) is 0 Å². The van der Waals surface area contributed by atoms with Crippen molar-refractivity contribution in [2.75, 3.05) is 7.11 Å². The van der Waals surface area contributed by atoms with Crippen LogP contribution in [0.25, 0.3) is 0 Å². The normalized spacial score (nSPS) is 10.5. The van der Waals surface area contributed by atoms with E-state index < -0.39 is 0 Å². The second kappa shape index (κ2) is 14.4. The lowest BCUT2D eigenvalue weighted by atomic mass is 10.1. The highest BCUT2D eigenvalue weighted by Crippen LogP contribution is 2.40. The Morgan fingerprint density at radius 1 is 0.571 bits per heavy atom. The third-order valence-corrected chi connectivity index (χ3v) is 6.60. The molecular formula is C36H33NO5. The average Bonchev–Trinajstić information content (AvgIpc) is 3.06. The maximum absolute atomic E-state index is 13.4. The first-order valence-electron chi connectivity index (χ1n) is 13.8. The van der Waals surface area contributed by atoms with Gasteiger partial charge in [0.15, 0.2) is 11.5 Å². The van der Waals surface area contributed by atoms with Gasteiger partial charge in [0.1, 0.15) is 25.6 Å². The number of ether oxygens (including phenoxy) is 4. The van der Waals surface area contributed by atoms with Gasteiger partial charge in [0.2, 0.25) is 5.75 Å². The van der Waals surface area contributed by atoms with E-state index in [1.165, 1.54) is 0 Å². The first kappa shape index (κ1) is 28.3. The van der Waals surface area contributed by atoms with Crippen LogP contribution in [-0.4, -0.2) is 13.0 Å². The minimum absolute atomic E-state index is 0.255. The summed E-state index contributed by atoms with van der Waals surface area (Å²) in [5.41, 5.74) is 4.34. The van der Waals surface area contributed by atoms with Gasteiger partial charge in [-0.05, 0) is 46.5 Å². The van der Waals surface area contributed by atoms with Crippen LogP contribution in [0.2, 0.25) is 0 Å². The van der Waals surface area contributed by atoms with Crippen molar-refractivity contribution in [1.29, 1.82) is 0 Å². The number of rotatable bonds is 13. The van der Waals surface area contributed by atoms with Gasteiger partial charge in [-0.1, -0.05) is 103 Å². The van der Waals surface area contributed by atoms with Crippen LogP contribution < -0.4 is 24.3 Å². The molecule has 0 spiro atoms. The van der Waals surface area contributed by atoms with Gasteiger partial charge in [-0.25, -0.2) is 0 Å². The van der Waals surface area contributed by atoms with Gasteiger partial charge in [0, 0.05) is 12.1 Å². The fraction of sp³-hybridized carbons (Fsp3) is 0.139. The number of hydrogen-bond acceptors (Lipinski definition) is 5. The minimum atomic E-state index is -0.255. The Morgan fingerprint density at radius 3 is 1.48 bits per heavy atom. The topological polar surface area (TPSA) is 66.0 Å². The van der Waals surface area contributed by atoms with E-state index in [-0.39, 0.29) is 5.91 Å². The van der Waals surface area contributed by atoms with Gasteiger partial charge in [0.05, 0.1) is 7.11 Å². The summed E-state index contributed by atoms with van der Waals surface area (Å²) in [4.78, 5) is 13.4. The highest BCUT2D eigenvalue weighted by Gasteiger charge is 2.20. The fourth-order valence-corrected chi connectivity index (χ4v) is 4.29. The molecule has 42 heavy (non-hydrogen) atoms. The summed E-state index contributed by atoms with van der Waals surface area (Å²) >= 11 is 0. The number of amides is 1. The molecule has 0 aliphatic heterocycles. The summed E-state index contributed by atoms with van der Waals surface area (Å²) in [6.45, 7) is 1.28. The molecule has 1 N–H and O–H groups in total. The maximum atomic E-state index is 13.4. The van der Waals surface area contributed by atoms with E-state index in [1.54, 1.807) is 19.2 Å². The largest absolute Gasteiger partial charge is 0.497 e. The molecule has 0 atom stereocenters. The molecule has 0 unspecified atom stereocenters. The van der Waals surface area contributed by atoms with Gasteiger partial charge < -0.3 is 24.3 Å². The van der Waals surface area contributed by atoms with Gasteiger partial charge in [0.25, 0.3) is 5.91 Å². The summed E-state index contributed by atoms with van der Waals surface area (Å²) in [5.74, 6) is 1.80. The van der Waals surface area contributed by atoms with Gasteiger partial charge in [-0.3, -0.25) is 4.79 Å². The van der Waals surface area contributed by atoms with E-state index in [1.807, 2.05) is 115 Å². The van der Waals surface area contributed by atoms with Crippen molar-refractivity contribution in [3.05, 3.63) is 155 Å². The number of benzene rings is 5. The highest BCUT2D eigenvalue weighted by molar-refractivity contribution is 5.95. The fourth-order valence-electron chi connectivity index (χ4n) is 4.29. The second-order valence-electron chi connectivity index (χ2n) is 9.66. The zero-order valence-corrected chi connectivity index (χ0v) is 23.5. The predicted molar refractivity (Wildman–Crippen MR) is 163 cm³/mol. The Bertz CT molecular complexity index is 1490. The average molecular weight is 560 g/mol. The van der Waals surface area contributed by atoms with Crippen molar-refractivity contribution < 1.29 is 23.7 Å². The Balaban J connectivity index is 1.44. The quantitative estimate of drug-likeness (QED) is 0.163. The van der Waals surface area contributed by atoms with E-state index in [2.05, 4.69) is 5.32 Å². The van der Waals surface area contributed by atoms with Crippen molar-refractivity contribution in [3.8, 4) is 23.0 Å². The van der Waals surface area contributed by atoms with Crippen molar-refractivity contribution in [3.63, 3.8) is 0 Å². The third-order valence-electron chi connectivity index (χ3n) is 6.60. The third kappa shape index (κ3) is 7.92. The zero-order chi connectivity index (χ0) is 29.0. The Morgan fingerprint density at radius 2 is 1.02 bits per heavy atom. The SMILES string of the molecule is COc1ccc(CNC(=O)c2cc(OCc3ccccc3)c(OCc3ccccc3)c(OCc3ccccc3)c2)cc1. The first-order valence-corrected chi connectivity index (χ1v) is 13.8. The molecule has 0 radical (unpaired) electrons. The van der Waals surface area contributed by atoms with E-state index in [9.17, 15) is 4.79 Å². The van der Waals surface area contributed by atoms with E-state index in [0.29, 0.717) is 49.2 Å². The number of methoxy groups -OCH3 is 1. The molecule has 212 valence electrons. The standard InChI is InChI=1S/C36H33NO5/c1-39-32-19-17-27(18-20-32)23-37-36(38)31-21-33(40-24-28-11-5-2-6-12-28)35(42-26-30-15-9-4-10-16-30)34(22-31)41-25-29-13-7-3-8-14-29/h2-22H,23-26H2,1H3,(H,37,38). The van der Waals surface area contributed by atoms with Gasteiger partial charge in [-0.15, -0.1) is 0 Å². The molecule has 0 bridgehead atoms. The van der Waals surface area contributed by atoms with Crippen LogP contribution in [0.4, 0.5) is 0 Å². The predicted octanol–water partition coefficient (Wildman–Crippen LogP) is 7.36. The summed E-state index contributed by atoms with van der Waals surface area (Å²) in [6, 6.07) is 40.6. The van der Waals surface area contributed by atoms with Gasteiger partial charge in [-0.2, -0.15) is 0 Å². The monoisotopic (exact) mass is 559 g/mol. The van der Waals surface area contributed by atoms with Crippen LogP contribution in [0.15, 0.2) is 127 Å². The summed E-state index contributed by atoms with van der Waals surface area (Å²) < 4.78 is 24.1. The molecule has 6 heteroatoms.